The highest BCUT2D eigenvalue weighted by molar-refractivity contribution is 5.89. The van der Waals surface area contributed by atoms with Gasteiger partial charge in [-0.1, -0.05) is 12.1 Å². The number of nitrogens with zero attached hydrogens (tertiary/aromatic N) is 1. The van der Waals surface area contributed by atoms with Gasteiger partial charge in [-0.3, -0.25) is 0 Å². The summed E-state index contributed by atoms with van der Waals surface area (Å²) >= 11 is 0. The predicted octanol–water partition coefficient (Wildman–Crippen LogP) is 3.31. The molecule has 1 unspecified atom stereocenters. The van der Waals surface area contributed by atoms with Crippen molar-refractivity contribution < 1.29 is 18.7 Å². The molecule has 0 aliphatic rings. The number of aromatic nitrogens is 1. The van der Waals surface area contributed by atoms with Crippen LogP contribution < -0.4 is 10.6 Å². The molecular weight excluding hydrogens is 328 g/mol. The zero-order valence-corrected chi connectivity index (χ0v) is 13.5. The van der Waals surface area contributed by atoms with E-state index in [9.17, 15) is 18.7 Å². The number of aliphatic hydroxyl groups is 1. The van der Waals surface area contributed by atoms with Gasteiger partial charge in [0, 0.05) is 25.3 Å². The number of urea groups is 1. The van der Waals surface area contributed by atoms with Gasteiger partial charge in [0.15, 0.2) is 0 Å². The van der Waals surface area contributed by atoms with Crippen molar-refractivity contribution in [1.29, 1.82) is 0 Å². The van der Waals surface area contributed by atoms with Crippen LogP contribution >= 0.6 is 0 Å². The summed E-state index contributed by atoms with van der Waals surface area (Å²) in [6, 6.07) is 9.89. The van der Waals surface area contributed by atoms with E-state index in [0.717, 1.165) is 23.0 Å². The monoisotopic (exact) mass is 345 g/mol. The van der Waals surface area contributed by atoms with Crippen molar-refractivity contribution in [2.24, 2.45) is 7.05 Å². The lowest BCUT2D eigenvalue weighted by Crippen LogP contribution is -2.33. The number of hydrogen-bond acceptors (Lipinski definition) is 2. The largest absolute Gasteiger partial charge is 0.387 e. The van der Waals surface area contributed by atoms with Gasteiger partial charge in [-0.25, -0.2) is 13.6 Å². The molecule has 1 aromatic heterocycles. The summed E-state index contributed by atoms with van der Waals surface area (Å²) < 4.78 is 28.9. The third kappa shape index (κ3) is 3.61. The molecule has 0 saturated carbocycles. The first-order valence-electron chi connectivity index (χ1n) is 7.67. The van der Waals surface area contributed by atoms with Crippen LogP contribution in [0.5, 0.6) is 0 Å². The minimum atomic E-state index is -0.944. The van der Waals surface area contributed by atoms with E-state index in [2.05, 4.69) is 10.6 Å². The van der Waals surface area contributed by atoms with Crippen molar-refractivity contribution in [3.8, 4) is 0 Å². The molecule has 2 amide bonds. The van der Waals surface area contributed by atoms with Crippen LogP contribution in [0.15, 0.2) is 48.7 Å². The number of fused-ring (bicyclic) bond motifs is 1. The minimum Gasteiger partial charge on any atom is -0.387 e. The third-order valence-corrected chi connectivity index (χ3v) is 3.95. The van der Waals surface area contributed by atoms with Gasteiger partial charge < -0.3 is 20.3 Å². The van der Waals surface area contributed by atoms with E-state index < -0.39 is 29.5 Å². The molecule has 0 fully saturated rings. The predicted molar refractivity (Wildman–Crippen MR) is 91.3 cm³/mol. The molecule has 2 aromatic carbocycles. The summed E-state index contributed by atoms with van der Waals surface area (Å²) in [6.07, 6.45) is 0.968. The van der Waals surface area contributed by atoms with Gasteiger partial charge in [0.2, 0.25) is 0 Å². The lowest BCUT2D eigenvalue weighted by atomic mass is 10.1. The van der Waals surface area contributed by atoms with E-state index in [4.69, 9.17) is 0 Å². The standard InChI is InChI=1S/C18H17F2N3O2/c1-23-8-7-11-9-12(5-6-15(11)23)16(24)10-21-18(25)22-17-13(19)3-2-4-14(17)20/h2-9,16,24H,10H2,1H3,(H2,21,22,25). The minimum absolute atomic E-state index is 0.0970. The van der Waals surface area contributed by atoms with E-state index in [1.54, 1.807) is 6.07 Å². The molecule has 0 spiro atoms. The Morgan fingerprint density at radius 2 is 1.92 bits per heavy atom. The fraction of sp³-hybridized carbons (Fsp3) is 0.167. The molecule has 1 heterocycles. The number of aryl methyl sites for hydroxylation is 1. The molecule has 0 aliphatic carbocycles. The van der Waals surface area contributed by atoms with Crippen molar-refractivity contribution in [3.05, 3.63) is 65.9 Å². The molecule has 3 rings (SSSR count). The fourth-order valence-corrected chi connectivity index (χ4v) is 2.59. The van der Waals surface area contributed by atoms with E-state index in [1.165, 1.54) is 6.07 Å². The molecule has 3 aromatic rings. The molecule has 0 saturated heterocycles. The normalized spacial score (nSPS) is 12.2. The van der Waals surface area contributed by atoms with Gasteiger partial charge in [0.05, 0.1) is 6.10 Å². The van der Waals surface area contributed by atoms with E-state index in [1.807, 2.05) is 36.0 Å². The Morgan fingerprint density at radius 3 is 2.64 bits per heavy atom. The number of hydrogen-bond donors (Lipinski definition) is 3. The van der Waals surface area contributed by atoms with Crippen molar-refractivity contribution in [2.75, 3.05) is 11.9 Å². The number of para-hydroxylation sites is 1. The van der Waals surface area contributed by atoms with Crippen LogP contribution in [0.25, 0.3) is 10.9 Å². The number of carbonyl (C=O) groups excluding carboxylic acids is 1. The molecule has 0 aliphatic heterocycles. The van der Waals surface area contributed by atoms with E-state index in [-0.39, 0.29) is 6.54 Å². The second kappa shape index (κ2) is 6.90. The Labute approximate surface area is 142 Å². The third-order valence-electron chi connectivity index (χ3n) is 3.95. The second-order valence-electron chi connectivity index (χ2n) is 5.69. The molecule has 0 radical (unpaired) electrons. The quantitative estimate of drug-likeness (QED) is 0.679. The maximum absolute atomic E-state index is 13.5. The summed E-state index contributed by atoms with van der Waals surface area (Å²) in [5.41, 5.74) is 1.13. The molecule has 25 heavy (non-hydrogen) atoms. The Morgan fingerprint density at radius 1 is 1.20 bits per heavy atom. The van der Waals surface area contributed by atoms with Crippen LogP contribution in [0, 0.1) is 11.6 Å². The van der Waals surface area contributed by atoms with Crippen molar-refractivity contribution >= 4 is 22.6 Å². The van der Waals surface area contributed by atoms with Crippen LogP contribution in [-0.2, 0) is 7.05 Å². The Hall–Kier alpha value is -2.93. The van der Waals surface area contributed by atoms with Gasteiger partial charge in [-0.15, -0.1) is 0 Å². The van der Waals surface area contributed by atoms with E-state index in [0.29, 0.717) is 5.56 Å². The summed E-state index contributed by atoms with van der Waals surface area (Å²) in [5.74, 6) is -1.74. The first kappa shape index (κ1) is 16.9. The summed E-state index contributed by atoms with van der Waals surface area (Å²) in [4.78, 5) is 11.8. The Balaban J connectivity index is 1.62. The number of benzene rings is 2. The molecule has 3 N–H and O–H groups in total. The van der Waals surface area contributed by atoms with Crippen LogP contribution in [0.1, 0.15) is 11.7 Å². The first-order valence-corrected chi connectivity index (χ1v) is 7.67. The Bertz CT molecular complexity index is 904. The highest BCUT2D eigenvalue weighted by Crippen LogP contribution is 2.21. The van der Waals surface area contributed by atoms with Crippen LogP contribution in [-0.4, -0.2) is 22.2 Å². The zero-order valence-electron chi connectivity index (χ0n) is 13.5. The molecule has 5 nitrogen and oxygen atoms in total. The van der Waals surface area contributed by atoms with Gasteiger partial charge in [0.1, 0.15) is 17.3 Å². The Kier molecular flexibility index (Phi) is 4.67. The summed E-state index contributed by atoms with van der Waals surface area (Å²) in [5, 5.41) is 15.7. The van der Waals surface area contributed by atoms with Gasteiger partial charge in [-0.2, -0.15) is 0 Å². The van der Waals surface area contributed by atoms with E-state index >= 15 is 0 Å². The van der Waals surface area contributed by atoms with Crippen LogP contribution in [0.2, 0.25) is 0 Å². The van der Waals surface area contributed by atoms with Crippen LogP contribution in [0.3, 0.4) is 0 Å². The van der Waals surface area contributed by atoms with Gasteiger partial charge in [0.25, 0.3) is 0 Å². The topological polar surface area (TPSA) is 66.3 Å². The molecule has 130 valence electrons. The highest BCUT2D eigenvalue weighted by Gasteiger charge is 2.14. The zero-order chi connectivity index (χ0) is 18.0. The van der Waals surface area contributed by atoms with Gasteiger partial charge >= 0.3 is 6.03 Å². The lowest BCUT2D eigenvalue weighted by molar-refractivity contribution is 0.175. The maximum Gasteiger partial charge on any atom is 0.319 e. The number of amides is 2. The lowest BCUT2D eigenvalue weighted by Gasteiger charge is -2.14. The highest BCUT2D eigenvalue weighted by atomic mass is 19.1. The number of nitrogens with one attached hydrogen (secondary N) is 2. The number of aliphatic hydroxyl groups excluding tert-OH is 1. The maximum atomic E-state index is 13.5. The molecule has 0 bridgehead atoms. The number of halogens is 2. The summed E-state index contributed by atoms with van der Waals surface area (Å²) in [7, 11) is 1.92. The molecular formula is C18H17F2N3O2. The number of rotatable bonds is 4. The van der Waals surface area contributed by atoms with Crippen molar-refractivity contribution in [1.82, 2.24) is 9.88 Å². The van der Waals surface area contributed by atoms with Crippen molar-refractivity contribution in [3.63, 3.8) is 0 Å². The number of anilines is 1. The fourth-order valence-electron chi connectivity index (χ4n) is 2.59. The second-order valence-corrected chi connectivity index (χ2v) is 5.69. The van der Waals surface area contributed by atoms with Crippen molar-refractivity contribution in [2.45, 2.75) is 6.10 Å². The first-order chi connectivity index (χ1) is 12.0. The SMILES string of the molecule is Cn1ccc2cc(C(O)CNC(=O)Nc3c(F)cccc3F)ccc21. The molecule has 1 atom stereocenters. The molecule has 7 heteroatoms. The summed E-state index contributed by atoms with van der Waals surface area (Å²) in [6.45, 7) is -0.0970. The smallest absolute Gasteiger partial charge is 0.319 e. The number of carbonyl (C=O) groups is 1. The van der Waals surface area contributed by atoms with Gasteiger partial charge in [-0.05, 0) is 41.3 Å². The van der Waals surface area contributed by atoms with Crippen LogP contribution in [0.4, 0.5) is 19.3 Å². The average molecular weight is 345 g/mol. The average Bonchev–Trinajstić information content (AvgIpc) is 2.97.